The summed E-state index contributed by atoms with van der Waals surface area (Å²) in [5.74, 6) is -0.927. The predicted molar refractivity (Wildman–Crippen MR) is 344 cm³/mol. The number of ether oxygens (including phenoxy) is 3. The van der Waals surface area contributed by atoms with Crippen LogP contribution < -0.4 is 0 Å². The Kier molecular flexibility index (Phi) is 63.7. The van der Waals surface area contributed by atoms with Gasteiger partial charge in [-0.05, 0) is 122 Å². The number of hydrogen-bond acceptors (Lipinski definition) is 6. The van der Waals surface area contributed by atoms with Gasteiger partial charge >= 0.3 is 17.9 Å². The van der Waals surface area contributed by atoms with Gasteiger partial charge < -0.3 is 14.2 Å². The maximum absolute atomic E-state index is 12.9. The number of carbonyl (C=O) groups excluding carboxylic acids is 3. The number of carbonyl (C=O) groups is 3. The Morgan fingerprint density at radius 2 is 0.494 bits per heavy atom. The third-order valence-electron chi connectivity index (χ3n) is 14.5. The van der Waals surface area contributed by atoms with Gasteiger partial charge in [0.2, 0.25) is 0 Å². The molecule has 0 rings (SSSR count). The van der Waals surface area contributed by atoms with Crippen molar-refractivity contribution in [1.82, 2.24) is 0 Å². The normalized spacial score (nSPS) is 12.7. The lowest BCUT2D eigenvalue weighted by Gasteiger charge is -2.18. The number of unbranched alkanes of at least 4 members (excludes halogenated alkanes) is 34. The molecule has 0 aromatic carbocycles. The van der Waals surface area contributed by atoms with Gasteiger partial charge in [-0.2, -0.15) is 0 Å². The molecular weight excluding hydrogens is 973 g/mol. The summed E-state index contributed by atoms with van der Waals surface area (Å²) >= 11 is 0. The molecule has 0 radical (unpaired) electrons. The number of allylic oxidation sites excluding steroid dienone is 16. The molecule has 0 aromatic rings. The highest BCUT2D eigenvalue weighted by atomic mass is 16.6. The van der Waals surface area contributed by atoms with Crippen LogP contribution in [0.4, 0.5) is 0 Å². The van der Waals surface area contributed by atoms with Crippen molar-refractivity contribution in [1.29, 1.82) is 0 Å². The van der Waals surface area contributed by atoms with Gasteiger partial charge in [-0.25, -0.2) is 0 Å². The molecule has 0 N–H and O–H groups in total. The zero-order valence-corrected chi connectivity index (χ0v) is 52.1. The van der Waals surface area contributed by atoms with Crippen molar-refractivity contribution in [2.24, 2.45) is 0 Å². The number of esters is 3. The molecule has 0 aliphatic carbocycles. The average Bonchev–Trinajstić information content (AvgIpc) is 3.45. The van der Waals surface area contributed by atoms with Gasteiger partial charge in [0.05, 0.1) is 0 Å². The molecule has 6 nitrogen and oxygen atoms in total. The summed E-state index contributed by atoms with van der Waals surface area (Å²) in [7, 11) is 0. The van der Waals surface area contributed by atoms with Gasteiger partial charge in [0.15, 0.2) is 6.10 Å². The highest BCUT2D eigenvalue weighted by Gasteiger charge is 2.19. The second-order valence-electron chi connectivity index (χ2n) is 22.3. The lowest BCUT2D eigenvalue weighted by Crippen LogP contribution is -2.30. The van der Waals surface area contributed by atoms with Crippen LogP contribution in [0.5, 0.6) is 0 Å². The monoisotopic (exact) mass is 1100 g/mol. The zero-order valence-electron chi connectivity index (χ0n) is 52.1. The van der Waals surface area contributed by atoms with Gasteiger partial charge in [0, 0.05) is 19.3 Å². The highest BCUT2D eigenvalue weighted by Crippen LogP contribution is 2.17. The Morgan fingerprint density at radius 3 is 0.823 bits per heavy atom. The van der Waals surface area contributed by atoms with Crippen LogP contribution in [0.3, 0.4) is 0 Å². The van der Waals surface area contributed by atoms with E-state index in [-0.39, 0.29) is 31.1 Å². The van der Waals surface area contributed by atoms with Gasteiger partial charge in [-0.3, -0.25) is 14.4 Å². The first-order valence-electron chi connectivity index (χ1n) is 33.7. The lowest BCUT2D eigenvalue weighted by atomic mass is 10.0. The van der Waals surface area contributed by atoms with Crippen molar-refractivity contribution in [3.05, 3.63) is 97.2 Å². The van der Waals surface area contributed by atoms with E-state index in [4.69, 9.17) is 14.2 Å². The smallest absolute Gasteiger partial charge is 0.306 e. The molecule has 0 saturated heterocycles. The van der Waals surface area contributed by atoms with Gasteiger partial charge in [0.1, 0.15) is 13.2 Å². The summed E-state index contributed by atoms with van der Waals surface area (Å²) in [6, 6.07) is 0. The molecule has 0 heterocycles. The lowest BCUT2D eigenvalue weighted by molar-refractivity contribution is -0.167. The van der Waals surface area contributed by atoms with E-state index in [9.17, 15) is 14.4 Å². The third kappa shape index (κ3) is 65.0. The fourth-order valence-corrected chi connectivity index (χ4v) is 9.50. The molecule has 0 aliphatic rings. The summed E-state index contributed by atoms with van der Waals surface area (Å²) in [5, 5.41) is 0. The van der Waals surface area contributed by atoms with Crippen LogP contribution in [0.1, 0.15) is 329 Å². The van der Waals surface area contributed by atoms with Crippen LogP contribution in [-0.4, -0.2) is 37.2 Å². The minimum atomic E-state index is -0.799. The van der Waals surface area contributed by atoms with E-state index >= 15 is 0 Å². The van der Waals surface area contributed by atoms with Crippen LogP contribution in [0, 0.1) is 0 Å². The molecule has 0 fully saturated rings. The van der Waals surface area contributed by atoms with Crippen molar-refractivity contribution in [3.8, 4) is 0 Å². The maximum atomic E-state index is 12.9. The topological polar surface area (TPSA) is 78.9 Å². The highest BCUT2D eigenvalue weighted by molar-refractivity contribution is 5.71. The van der Waals surface area contributed by atoms with Crippen molar-refractivity contribution in [3.63, 3.8) is 0 Å². The van der Waals surface area contributed by atoms with Crippen molar-refractivity contribution in [2.75, 3.05) is 13.2 Å². The number of hydrogen-bond donors (Lipinski definition) is 0. The van der Waals surface area contributed by atoms with E-state index in [0.29, 0.717) is 19.3 Å². The maximum Gasteiger partial charge on any atom is 0.306 e. The minimum absolute atomic E-state index is 0.0911. The van der Waals surface area contributed by atoms with Gasteiger partial charge in [0.25, 0.3) is 0 Å². The van der Waals surface area contributed by atoms with Gasteiger partial charge in [-0.1, -0.05) is 285 Å². The van der Waals surface area contributed by atoms with Crippen molar-refractivity contribution in [2.45, 2.75) is 335 Å². The first-order chi connectivity index (χ1) is 39.0. The fourth-order valence-electron chi connectivity index (χ4n) is 9.50. The van der Waals surface area contributed by atoms with E-state index in [1.165, 1.54) is 193 Å². The second-order valence-corrected chi connectivity index (χ2v) is 22.3. The Balaban J connectivity index is 4.32. The summed E-state index contributed by atoms with van der Waals surface area (Å²) < 4.78 is 16.9. The summed E-state index contributed by atoms with van der Waals surface area (Å²) in [4.78, 5) is 38.4. The molecule has 0 saturated carbocycles. The Morgan fingerprint density at radius 1 is 0.266 bits per heavy atom. The largest absolute Gasteiger partial charge is 0.462 e. The van der Waals surface area contributed by atoms with Crippen LogP contribution in [0.2, 0.25) is 0 Å². The molecule has 0 bridgehead atoms. The van der Waals surface area contributed by atoms with E-state index in [1.807, 2.05) is 0 Å². The number of rotatable bonds is 61. The average molecular weight is 1100 g/mol. The SMILES string of the molecule is CC/C=C\C/C=C\C/C=C\C/C=C\CCCCC(=O)OCC(COC(=O)CCCCCCCCCCCCCCCCC/C=C\C/C=C\CCCCCCC)OC(=O)CCCCCCCCCCC/C=C\C/C=C\CCCCC. The van der Waals surface area contributed by atoms with E-state index in [0.717, 1.165) is 96.3 Å². The molecule has 6 heteroatoms. The van der Waals surface area contributed by atoms with E-state index in [2.05, 4.69) is 118 Å². The van der Waals surface area contributed by atoms with E-state index < -0.39 is 6.10 Å². The molecule has 1 atom stereocenters. The Bertz CT molecular complexity index is 1540. The first-order valence-corrected chi connectivity index (χ1v) is 33.7. The molecule has 1 unspecified atom stereocenters. The molecule has 79 heavy (non-hydrogen) atoms. The minimum Gasteiger partial charge on any atom is -0.462 e. The zero-order chi connectivity index (χ0) is 57.1. The standard InChI is InChI=1S/C73H126O6/c1-4-7-10-13-16-19-22-25-28-30-32-33-34-35-36-37-38-39-41-42-45-48-51-54-57-60-63-66-72(75)78-69-70(68-77-71(74)65-62-59-56-53-50-47-44-27-24-21-18-15-12-9-6-3)79-73(76)67-64-61-58-55-52-49-46-43-40-31-29-26-23-20-17-14-11-8-5-2/h9,12,17-18,20-22,25-27,29-30,32,44,50,53,70H,4-8,10-11,13-16,19,23-24,28,31,33-43,45-49,51-52,54-69H2,1-3H3/b12-9-,20-17-,21-18-,25-22-,29-26-,32-30-,44-27-,53-50-. The quantitative estimate of drug-likeness (QED) is 0.0261. The molecule has 0 amide bonds. The molecule has 0 aliphatic heterocycles. The Labute approximate surface area is 489 Å². The Hall–Kier alpha value is -3.67. The molecule has 454 valence electrons. The van der Waals surface area contributed by atoms with Crippen LogP contribution in [-0.2, 0) is 28.6 Å². The van der Waals surface area contributed by atoms with Crippen LogP contribution in [0.15, 0.2) is 97.2 Å². The molecule has 0 aromatic heterocycles. The van der Waals surface area contributed by atoms with Gasteiger partial charge in [-0.15, -0.1) is 0 Å². The second kappa shape index (κ2) is 66.8. The van der Waals surface area contributed by atoms with Crippen LogP contribution in [0.25, 0.3) is 0 Å². The summed E-state index contributed by atoms with van der Waals surface area (Å²) in [6.45, 7) is 6.49. The molecule has 0 spiro atoms. The molecular formula is C73H126O6. The van der Waals surface area contributed by atoms with Crippen molar-refractivity contribution >= 4 is 17.9 Å². The first kappa shape index (κ1) is 75.3. The van der Waals surface area contributed by atoms with E-state index in [1.54, 1.807) is 0 Å². The van der Waals surface area contributed by atoms with Crippen LogP contribution >= 0.6 is 0 Å². The summed E-state index contributed by atoms with van der Waals surface area (Å²) in [6.07, 6.45) is 90.0. The third-order valence-corrected chi connectivity index (χ3v) is 14.5. The predicted octanol–water partition coefficient (Wildman–Crippen LogP) is 23.2. The van der Waals surface area contributed by atoms with Crippen molar-refractivity contribution < 1.29 is 28.6 Å². The fraction of sp³-hybridized carbons (Fsp3) is 0.740. The summed E-state index contributed by atoms with van der Waals surface area (Å²) in [5.41, 5.74) is 0.